The Morgan fingerprint density at radius 3 is 1.77 bits per heavy atom. The molecule has 0 saturated carbocycles. The Bertz CT molecular complexity index is 3580. The average molecular weight is 1110 g/mol. The summed E-state index contributed by atoms with van der Waals surface area (Å²) in [6, 6.07) is 67.4. The molecular formula is C66H60N3OPt-. The zero-order valence-electron chi connectivity index (χ0n) is 43.0. The van der Waals surface area contributed by atoms with Crippen LogP contribution in [0.3, 0.4) is 0 Å². The van der Waals surface area contributed by atoms with E-state index in [9.17, 15) is 6.48 Å². The predicted octanol–water partition coefficient (Wildman–Crippen LogP) is 17.6. The number of aryl methyl sites for hydroxylation is 1. The number of pyridine rings is 1. The summed E-state index contributed by atoms with van der Waals surface area (Å²) in [5.41, 5.74) is 18.3. The fourth-order valence-electron chi connectivity index (χ4n) is 9.60. The third kappa shape index (κ3) is 9.71. The molecule has 0 amide bonds. The standard InChI is InChI=1S/C66H60N3O.Pt/c1-42(2)54-40-56(47-24-17-12-18-25-47)61(41-55(54)46-22-15-11-16-23-46)69-60-27-19-26-53(62(60)68-64(69)57-38-52(65(4,5)6)39-58(63(57)70)66(7,8)9)50-34-49(44-20-13-10-14-21-44)35-51(36-50)59-37-48(32-33-67-59)45-30-28-43(3)29-31-45;/h10-35,37-42,70H,1-9H3;/q-1;/i42D;. The first-order valence-electron chi connectivity index (χ1n) is 24.8. The van der Waals surface area contributed by atoms with Gasteiger partial charge in [0.2, 0.25) is 0 Å². The molecule has 0 aliphatic heterocycles. The van der Waals surface area contributed by atoms with Gasteiger partial charge in [-0.15, -0.1) is 23.8 Å². The van der Waals surface area contributed by atoms with Gasteiger partial charge in [-0.3, -0.25) is 9.55 Å². The van der Waals surface area contributed by atoms with Crippen molar-refractivity contribution in [3.8, 4) is 89.7 Å². The van der Waals surface area contributed by atoms with E-state index in [2.05, 4.69) is 223 Å². The van der Waals surface area contributed by atoms with Gasteiger partial charge >= 0.3 is 0 Å². The number of phenolic OH excluding ortho intramolecular Hbond substituents is 1. The van der Waals surface area contributed by atoms with E-state index in [0.29, 0.717) is 11.4 Å². The molecule has 356 valence electrons. The number of nitrogens with zero attached hydrogens (tertiary/aromatic N) is 3. The summed E-state index contributed by atoms with van der Waals surface area (Å²) in [6.45, 7) is 19.1. The Morgan fingerprint density at radius 1 is 0.549 bits per heavy atom. The molecule has 0 saturated heterocycles. The smallest absolute Gasteiger partial charge is 0.148 e. The van der Waals surface area contributed by atoms with Crippen molar-refractivity contribution in [1.29, 1.82) is 0 Å². The Hall–Kier alpha value is -7.13. The average Bonchev–Trinajstić information content (AvgIpc) is 3.75. The molecule has 0 fully saturated rings. The molecule has 0 atom stereocenters. The van der Waals surface area contributed by atoms with E-state index in [-0.39, 0.29) is 37.6 Å². The van der Waals surface area contributed by atoms with Crippen molar-refractivity contribution >= 4 is 11.0 Å². The molecule has 10 rings (SSSR count). The number of aromatic hydroxyl groups is 1. The van der Waals surface area contributed by atoms with Crippen molar-refractivity contribution in [2.75, 3.05) is 0 Å². The number of aromatic nitrogens is 3. The van der Waals surface area contributed by atoms with Crippen LogP contribution in [0.5, 0.6) is 5.75 Å². The van der Waals surface area contributed by atoms with Crippen molar-refractivity contribution in [2.24, 2.45) is 0 Å². The number of imidazole rings is 1. The van der Waals surface area contributed by atoms with Gasteiger partial charge in [0.1, 0.15) is 11.6 Å². The van der Waals surface area contributed by atoms with Crippen LogP contribution in [0.1, 0.15) is 84.9 Å². The molecule has 8 aromatic carbocycles. The van der Waals surface area contributed by atoms with Gasteiger partial charge in [0.25, 0.3) is 0 Å². The van der Waals surface area contributed by atoms with Crippen molar-refractivity contribution in [3.63, 3.8) is 0 Å². The van der Waals surface area contributed by atoms with Gasteiger partial charge in [-0.1, -0.05) is 217 Å². The molecule has 1 N–H and O–H groups in total. The third-order valence-corrected chi connectivity index (χ3v) is 13.5. The van der Waals surface area contributed by atoms with Crippen LogP contribution in [-0.4, -0.2) is 19.6 Å². The van der Waals surface area contributed by atoms with E-state index in [0.717, 1.165) is 100 Å². The SMILES string of the molecule is [2H]C(C)(C)c1cc(-c2ccccc2)c(-n2c(-c3cc(C(C)(C)C)cc(C(C)(C)C)c3O)nc3c(-c4[c-]c(-c5cc(-c6ccc(C)cc6)ccn5)cc(-c5ccccc5)c4)cccc32)cc1-c1ccccc1.[Pt]. The van der Waals surface area contributed by atoms with E-state index >= 15 is 0 Å². The number of rotatable bonds is 9. The fourth-order valence-corrected chi connectivity index (χ4v) is 9.60. The second kappa shape index (κ2) is 19.6. The van der Waals surface area contributed by atoms with Crippen LogP contribution in [0.4, 0.5) is 0 Å². The minimum absolute atomic E-state index is 0. The second-order valence-corrected chi connectivity index (χ2v) is 20.9. The first-order valence-corrected chi connectivity index (χ1v) is 24.3. The van der Waals surface area contributed by atoms with Gasteiger partial charge < -0.3 is 5.11 Å². The molecule has 0 aliphatic rings. The molecule has 2 heterocycles. The zero-order valence-corrected chi connectivity index (χ0v) is 44.3. The molecule has 2 aromatic heterocycles. The quantitative estimate of drug-likeness (QED) is 0.147. The van der Waals surface area contributed by atoms with Crippen molar-refractivity contribution in [2.45, 2.75) is 79.0 Å². The fraction of sp³-hybridized carbons (Fsp3) is 0.182. The molecule has 4 nitrogen and oxygen atoms in total. The second-order valence-electron chi connectivity index (χ2n) is 20.9. The predicted molar refractivity (Wildman–Crippen MR) is 294 cm³/mol. The number of fused-ring (bicyclic) bond motifs is 1. The third-order valence-electron chi connectivity index (χ3n) is 13.5. The summed E-state index contributed by atoms with van der Waals surface area (Å²) in [5.74, 6) is -0.119. The van der Waals surface area contributed by atoms with Gasteiger partial charge in [-0.25, -0.2) is 4.98 Å². The summed E-state index contributed by atoms with van der Waals surface area (Å²) < 4.78 is 11.8. The normalized spacial score (nSPS) is 12.2. The van der Waals surface area contributed by atoms with Gasteiger partial charge in [0.05, 0.1) is 22.3 Å². The molecular weight excluding hydrogens is 1050 g/mol. The van der Waals surface area contributed by atoms with E-state index in [4.69, 9.17) is 9.97 Å². The van der Waals surface area contributed by atoms with Crippen LogP contribution in [0.15, 0.2) is 188 Å². The van der Waals surface area contributed by atoms with Gasteiger partial charge in [0.15, 0.2) is 0 Å². The van der Waals surface area contributed by atoms with Crippen LogP contribution in [0.2, 0.25) is 0 Å². The molecule has 0 bridgehead atoms. The van der Waals surface area contributed by atoms with Gasteiger partial charge in [-0.2, -0.15) is 0 Å². The summed E-state index contributed by atoms with van der Waals surface area (Å²) in [4.78, 5) is 10.7. The van der Waals surface area contributed by atoms with Gasteiger partial charge in [-0.05, 0) is 98.5 Å². The Morgan fingerprint density at radius 2 is 1.15 bits per heavy atom. The monoisotopic (exact) mass is 1110 g/mol. The van der Waals surface area contributed by atoms with E-state index in [1.807, 2.05) is 38.2 Å². The maximum absolute atomic E-state index is 12.8. The molecule has 5 heteroatoms. The van der Waals surface area contributed by atoms with E-state index < -0.39 is 5.89 Å². The van der Waals surface area contributed by atoms with E-state index in [1.54, 1.807) is 0 Å². The number of hydrogen-bond donors (Lipinski definition) is 1. The van der Waals surface area contributed by atoms with Crippen LogP contribution in [0, 0.1) is 13.0 Å². The zero-order chi connectivity index (χ0) is 49.8. The maximum atomic E-state index is 12.8. The first-order chi connectivity index (χ1) is 33.9. The Labute approximate surface area is 435 Å². The summed E-state index contributed by atoms with van der Waals surface area (Å²) in [6.07, 6.45) is 1.88. The largest absolute Gasteiger partial charge is 0.507 e. The molecule has 10 aromatic rings. The summed E-state index contributed by atoms with van der Waals surface area (Å²) in [7, 11) is 0. The summed E-state index contributed by atoms with van der Waals surface area (Å²) in [5, 5.41) is 12.8. The van der Waals surface area contributed by atoms with E-state index in [1.165, 1.54) is 5.56 Å². The van der Waals surface area contributed by atoms with Crippen molar-refractivity contribution in [3.05, 3.63) is 217 Å². The van der Waals surface area contributed by atoms with Crippen LogP contribution < -0.4 is 0 Å². The molecule has 71 heavy (non-hydrogen) atoms. The molecule has 0 unspecified atom stereocenters. The first kappa shape index (κ1) is 47.5. The number of para-hydroxylation sites is 1. The van der Waals surface area contributed by atoms with Crippen LogP contribution >= 0.6 is 0 Å². The Kier molecular flexibility index (Phi) is 13.1. The summed E-state index contributed by atoms with van der Waals surface area (Å²) >= 11 is 0. The number of benzene rings is 8. The number of phenols is 1. The number of hydrogen-bond acceptors (Lipinski definition) is 3. The molecule has 0 radical (unpaired) electrons. The van der Waals surface area contributed by atoms with Crippen LogP contribution in [-0.2, 0) is 31.9 Å². The minimum atomic E-state index is -0.938. The van der Waals surface area contributed by atoms with Gasteiger partial charge in [0, 0.05) is 45.5 Å². The minimum Gasteiger partial charge on any atom is -0.507 e. The topological polar surface area (TPSA) is 50.9 Å². The maximum Gasteiger partial charge on any atom is 0.148 e. The Balaban J connectivity index is 0.00000640. The van der Waals surface area contributed by atoms with Crippen molar-refractivity contribution < 1.29 is 27.5 Å². The van der Waals surface area contributed by atoms with Crippen molar-refractivity contribution in [1.82, 2.24) is 14.5 Å². The van der Waals surface area contributed by atoms with Crippen LogP contribution in [0.25, 0.3) is 95.0 Å². The molecule has 0 spiro atoms. The molecule has 0 aliphatic carbocycles.